The SMILES string of the molecule is CC1(C)c2cc(-c3ccc(/C=C/c4ccc5c(c4)c4ccccc4n5-c4ccccc4)cc3)ccc2-c2ccc(-c3ccc4c(c3)c3ccccc3n4-c3ccccc3)cc21. The molecule has 2 nitrogen and oxygen atoms in total. The molecule has 2 heteroatoms. The Morgan fingerprint density at radius 3 is 1.33 bits per heavy atom. The minimum Gasteiger partial charge on any atom is -0.309 e. The quantitative estimate of drug-likeness (QED) is 0.149. The summed E-state index contributed by atoms with van der Waals surface area (Å²) in [6.07, 6.45) is 4.45. The van der Waals surface area contributed by atoms with Crippen molar-refractivity contribution in [2.24, 2.45) is 0 Å². The molecule has 0 amide bonds. The molecule has 1 aliphatic rings. The van der Waals surface area contributed by atoms with Gasteiger partial charge in [0.2, 0.25) is 0 Å². The molecule has 0 unspecified atom stereocenters. The van der Waals surface area contributed by atoms with Gasteiger partial charge in [-0.1, -0.05) is 159 Å². The average molecular weight is 779 g/mol. The fourth-order valence-electron chi connectivity index (χ4n) is 10.0. The zero-order valence-corrected chi connectivity index (χ0v) is 34.2. The van der Waals surface area contributed by atoms with Crippen LogP contribution in [0, 0.1) is 0 Å². The van der Waals surface area contributed by atoms with E-state index in [2.05, 4.69) is 241 Å². The Balaban J connectivity index is 0.826. The van der Waals surface area contributed by atoms with Gasteiger partial charge < -0.3 is 9.13 Å². The van der Waals surface area contributed by atoms with Gasteiger partial charge in [-0.3, -0.25) is 0 Å². The van der Waals surface area contributed by atoms with E-state index in [-0.39, 0.29) is 5.41 Å². The van der Waals surface area contributed by atoms with Crippen LogP contribution in [0.2, 0.25) is 0 Å². The summed E-state index contributed by atoms with van der Waals surface area (Å²) < 4.78 is 4.74. The van der Waals surface area contributed by atoms with Gasteiger partial charge in [0.15, 0.2) is 0 Å². The first-order chi connectivity index (χ1) is 30.0. The second-order valence-corrected chi connectivity index (χ2v) is 17.0. The van der Waals surface area contributed by atoms with Gasteiger partial charge in [-0.25, -0.2) is 0 Å². The summed E-state index contributed by atoms with van der Waals surface area (Å²) in [5.41, 5.74) is 19.9. The summed E-state index contributed by atoms with van der Waals surface area (Å²) in [7, 11) is 0. The Bertz CT molecular complexity index is 3530. The van der Waals surface area contributed by atoms with E-state index >= 15 is 0 Å². The van der Waals surface area contributed by atoms with E-state index < -0.39 is 0 Å². The maximum Gasteiger partial charge on any atom is 0.0541 e. The van der Waals surface area contributed by atoms with E-state index in [1.54, 1.807) is 0 Å². The first-order valence-corrected chi connectivity index (χ1v) is 21.3. The average Bonchev–Trinajstić information content (AvgIpc) is 3.91. The molecular weight excluding hydrogens is 737 g/mol. The van der Waals surface area contributed by atoms with Gasteiger partial charge in [0.05, 0.1) is 22.1 Å². The van der Waals surface area contributed by atoms with Gasteiger partial charge in [-0.15, -0.1) is 0 Å². The molecule has 12 rings (SSSR count). The van der Waals surface area contributed by atoms with Crippen molar-refractivity contribution in [2.45, 2.75) is 19.3 Å². The van der Waals surface area contributed by atoms with E-state index in [9.17, 15) is 0 Å². The van der Waals surface area contributed by atoms with E-state index in [4.69, 9.17) is 0 Å². The number of hydrogen-bond donors (Lipinski definition) is 0. The molecule has 0 aliphatic heterocycles. The number of fused-ring (bicyclic) bond motifs is 9. The van der Waals surface area contributed by atoms with Crippen LogP contribution < -0.4 is 0 Å². The molecule has 0 saturated heterocycles. The normalized spacial score (nSPS) is 13.1. The molecule has 0 atom stereocenters. The summed E-state index contributed by atoms with van der Waals surface area (Å²) in [6.45, 7) is 4.76. The van der Waals surface area contributed by atoms with Crippen LogP contribution in [0.3, 0.4) is 0 Å². The summed E-state index contributed by atoms with van der Waals surface area (Å²) in [6, 6.07) is 75.7. The van der Waals surface area contributed by atoms with Gasteiger partial charge in [0.1, 0.15) is 0 Å². The van der Waals surface area contributed by atoms with Crippen LogP contribution in [0.5, 0.6) is 0 Å². The number of benzene rings is 9. The number of hydrogen-bond acceptors (Lipinski definition) is 0. The maximum atomic E-state index is 2.44. The fourth-order valence-corrected chi connectivity index (χ4v) is 10.0. The lowest BCUT2D eigenvalue weighted by Gasteiger charge is -2.22. The van der Waals surface area contributed by atoms with Crippen molar-refractivity contribution < 1.29 is 0 Å². The van der Waals surface area contributed by atoms with Crippen molar-refractivity contribution in [3.8, 4) is 44.8 Å². The van der Waals surface area contributed by atoms with Crippen LogP contribution in [-0.2, 0) is 5.41 Å². The zero-order chi connectivity index (χ0) is 40.7. The summed E-state index contributed by atoms with van der Waals surface area (Å²) in [4.78, 5) is 0. The van der Waals surface area contributed by atoms with Gasteiger partial charge in [-0.2, -0.15) is 0 Å². The Labute approximate surface area is 355 Å². The second kappa shape index (κ2) is 13.7. The number of rotatable bonds is 6. The van der Waals surface area contributed by atoms with E-state index in [0.717, 1.165) is 0 Å². The van der Waals surface area contributed by atoms with Crippen LogP contribution in [0.25, 0.3) is 101 Å². The lowest BCUT2D eigenvalue weighted by Crippen LogP contribution is -2.15. The highest BCUT2D eigenvalue weighted by Crippen LogP contribution is 2.51. The van der Waals surface area contributed by atoms with E-state index in [0.29, 0.717) is 0 Å². The molecule has 0 spiro atoms. The molecule has 2 heterocycles. The predicted octanol–water partition coefficient (Wildman–Crippen LogP) is 15.7. The van der Waals surface area contributed by atoms with Gasteiger partial charge >= 0.3 is 0 Å². The molecule has 0 N–H and O–H groups in total. The van der Waals surface area contributed by atoms with Crippen molar-refractivity contribution in [3.05, 3.63) is 229 Å². The Kier molecular flexibility index (Phi) is 7.92. The molecule has 0 fully saturated rings. The lowest BCUT2D eigenvalue weighted by molar-refractivity contribution is 0.661. The lowest BCUT2D eigenvalue weighted by atomic mass is 9.81. The molecule has 11 aromatic rings. The van der Waals surface area contributed by atoms with Crippen molar-refractivity contribution in [2.75, 3.05) is 0 Å². The third-order valence-corrected chi connectivity index (χ3v) is 13.1. The molecule has 0 saturated carbocycles. The molecule has 1 aliphatic carbocycles. The van der Waals surface area contributed by atoms with Crippen molar-refractivity contribution in [3.63, 3.8) is 0 Å². The van der Waals surface area contributed by atoms with Crippen LogP contribution in [0.1, 0.15) is 36.1 Å². The van der Waals surface area contributed by atoms with Crippen LogP contribution in [0.4, 0.5) is 0 Å². The number of para-hydroxylation sites is 4. The standard InChI is InChI=1S/C59H42N2/c1-59(2)53-37-43(41-26-23-39(24-27-41)21-22-40-25-33-57-51(35-40)49-17-9-11-19-55(49)60(57)45-13-5-3-6-14-45)28-31-47(53)48-32-29-44(38-54(48)59)42-30-34-58-52(36-42)50-18-10-12-20-56(50)61(58)46-15-7-4-8-16-46/h3-38H,1-2H3/b22-21+. The van der Waals surface area contributed by atoms with E-state index in [1.807, 2.05) is 0 Å². The predicted molar refractivity (Wildman–Crippen MR) is 259 cm³/mol. The molecule has 0 radical (unpaired) electrons. The first-order valence-electron chi connectivity index (χ1n) is 21.3. The summed E-state index contributed by atoms with van der Waals surface area (Å²) in [5.74, 6) is 0. The van der Waals surface area contributed by atoms with Gasteiger partial charge in [-0.05, 0) is 128 Å². The van der Waals surface area contributed by atoms with Crippen LogP contribution in [0.15, 0.2) is 206 Å². The summed E-state index contributed by atoms with van der Waals surface area (Å²) in [5, 5.41) is 5.08. The summed E-state index contributed by atoms with van der Waals surface area (Å²) >= 11 is 0. The molecule has 61 heavy (non-hydrogen) atoms. The molecule has 9 aromatic carbocycles. The highest BCUT2D eigenvalue weighted by molar-refractivity contribution is 6.11. The Hall–Kier alpha value is -7.68. The van der Waals surface area contributed by atoms with Crippen molar-refractivity contribution >= 4 is 55.8 Å². The largest absolute Gasteiger partial charge is 0.309 e. The molecule has 288 valence electrons. The zero-order valence-electron chi connectivity index (χ0n) is 34.2. The van der Waals surface area contributed by atoms with Crippen LogP contribution >= 0.6 is 0 Å². The highest BCUT2D eigenvalue weighted by Gasteiger charge is 2.36. The van der Waals surface area contributed by atoms with Crippen LogP contribution in [-0.4, -0.2) is 9.13 Å². The number of nitrogens with zero attached hydrogens (tertiary/aromatic N) is 2. The van der Waals surface area contributed by atoms with Gasteiger partial charge in [0, 0.05) is 38.3 Å². The van der Waals surface area contributed by atoms with E-state index in [1.165, 1.54) is 111 Å². The molecule has 2 aromatic heterocycles. The highest BCUT2D eigenvalue weighted by atomic mass is 15.0. The molecule has 0 bridgehead atoms. The third kappa shape index (κ3) is 5.64. The fraction of sp³-hybridized carbons (Fsp3) is 0.0508. The van der Waals surface area contributed by atoms with Crippen molar-refractivity contribution in [1.29, 1.82) is 0 Å². The first kappa shape index (κ1) is 35.3. The maximum absolute atomic E-state index is 2.44. The Morgan fingerprint density at radius 2 is 0.738 bits per heavy atom. The monoisotopic (exact) mass is 778 g/mol. The smallest absolute Gasteiger partial charge is 0.0541 e. The van der Waals surface area contributed by atoms with Gasteiger partial charge in [0.25, 0.3) is 0 Å². The topological polar surface area (TPSA) is 9.86 Å². The minimum absolute atomic E-state index is 0.138. The Morgan fingerprint density at radius 1 is 0.328 bits per heavy atom. The molecular formula is C59H42N2. The van der Waals surface area contributed by atoms with Crippen molar-refractivity contribution in [1.82, 2.24) is 9.13 Å². The minimum atomic E-state index is -0.138. The number of aromatic nitrogens is 2. The third-order valence-electron chi connectivity index (χ3n) is 13.1. The second-order valence-electron chi connectivity index (χ2n) is 17.0.